The van der Waals surface area contributed by atoms with Gasteiger partial charge >= 0.3 is 34.5 Å². The normalized spacial score (nSPS) is 7.78. The van der Waals surface area contributed by atoms with Gasteiger partial charge in [0.2, 0.25) is 0 Å². The van der Waals surface area contributed by atoms with Crippen LogP contribution in [-0.4, -0.2) is 0 Å². The van der Waals surface area contributed by atoms with Crippen molar-refractivity contribution in [1.29, 1.82) is 0 Å². The summed E-state index contributed by atoms with van der Waals surface area (Å²) < 4.78 is 0. The standard InChI is InChI=1S/C6H14.2ClH.Zn/c1-4-6(3)5-2;;;/h6H,4-5H2,1-3H3;2*1H;/q;;;+2/p-2. The Morgan fingerprint density at radius 1 is 1.22 bits per heavy atom. The summed E-state index contributed by atoms with van der Waals surface area (Å²) in [5, 5.41) is 0. The van der Waals surface area contributed by atoms with Gasteiger partial charge in [-0.05, 0) is 5.92 Å². The number of rotatable bonds is 2. The van der Waals surface area contributed by atoms with Crippen molar-refractivity contribution in [2.75, 3.05) is 0 Å². The molecule has 0 aromatic carbocycles. The predicted octanol–water partition coefficient (Wildman–Crippen LogP) is 3.82. The van der Waals surface area contributed by atoms with Crippen LogP contribution in [0.4, 0.5) is 0 Å². The minimum absolute atomic E-state index is 0.931. The van der Waals surface area contributed by atoms with Crippen molar-refractivity contribution >= 4 is 19.4 Å². The van der Waals surface area contributed by atoms with E-state index in [0.29, 0.717) is 0 Å². The monoisotopic (exact) mass is 220 g/mol. The summed E-state index contributed by atoms with van der Waals surface area (Å²) >= 11 is -0.931. The molecule has 0 aliphatic rings. The first kappa shape index (κ1) is 12.8. The van der Waals surface area contributed by atoms with E-state index in [1.54, 1.807) is 0 Å². The molecule has 0 rings (SSSR count). The maximum absolute atomic E-state index is 4.95. The van der Waals surface area contributed by atoms with Gasteiger partial charge in [0.15, 0.2) is 0 Å². The summed E-state index contributed by atoms with van der Waals surface area (Å²) in [7, 11) is 9.90. The fourth-order valence-electron chi connectivity index (χ4n) is 0.289. The van der Waals surface area contributed by atoms with E-state index in [-0.39, 0.29) is 0 Å². The first-order valence-corrected chi connectivity index (χ1v) is 11.1. The second-order valence-electron chi connectivity index (χ2n) is 2.02. The first-order valence-electron chi connectivity index (χ1n) is 3.34. The van der Waals surface area contributed by atoms with E-state index >= 15 is 0 Å². The van der Waals surface area contributed by atoms with E-state index < -0.39 is 15.1 Å². The van der Waals surface area contributed by atoms with E-state index in [0.717, 1.165) is 5.92 Å². The minimum atomic E-state index is -0.931. The summed E-state index contributed by atoms with van der Waals surface area (Å²) in [5.74, 6) is 0.935. The Kier molecular flexibility index (Phi) is 17.0. The fourth-order valence-corrected chi connectivity index (χ4v) is 0.289. The average molecular weight is 222 g/mol. The van der Waals surface area contributed by atoms with E-state index in [2.05, 4.69) is 20.8 Å². The Balaban J connectivity index is 0. The van der Waals surface area contributed by atoms with Crippen LogP contribution in [0.5, 0.6) is 0 Å². The van der Waals surface area contributed by atoms with Crippen LogP contribution in [0, 0.1) is 5.92 Å². The third-order valence-electron chi connectivity index (χ3n) is 1.39. The molecular weight excluding hydrogens is 208 g/mol. The van der Waals surface area contributed by atoms with Crippen molar-refractivity contribution in [2.24, 2.45) is 5.92 Å². The van der Waals surface area contributed by atoms with E-state index in [1.165, 1.54) is 12.8 Å². The molecule has 0 saturated carbocycles. The molecule has 0 fully saturated rings. The van der Waals surface area contributed by atoms with Gasteiger partial charge in [-0.25, -0.2) is 0 Å². The molecule has 0 aromatic heterocycles. The van der Waals surface area contributed by atoms with Crippen LogP contribution in [0.1, 0.15) is 33.6 Å². The van der Waals surface area contributed by atoms with Gasteiger partial charge in [-0.1, -0.05) is 33.6 Å². The number of hydrogen-bond acceptors (Lipinski definition) is 0. The molecular formula is C6H14Cl2Zn. The Hall–Kier alpha value is 1.20. The van der Waals surface area contributed by atoms with E-state index in [4.69, 9.17) is 19.4 Å². The third-order valence-corrected chi connectivity index (χ3v) is 1.39. The molecule has 0 unspecified atom stereocenters. The topological polar surface area (TPSA) is 0 Å². The van der Waals surface area contributed by atoms with Gasteiger partial charge in [0.1, 0.15) is 0 Å². The van der Waals surface area contributed by atoms with Crippen LogP contribution >= 0.6 is 19.4 Å². The zero-order valence-electron chi connectivity index (χ0n) is 6.45. The zero-order valence-corrected chi connectivity index (χ0v) is 10.9. The van der Waals surface area contributed by atoms with Gasteiger partial charge in [0, 0.05) is 0 Å². The van der Waals surface area contributed by atoms with Crippen molar-refractivity contribution in [3.8, 4) is 0 Å². The summed E-state index contributed by atoms with van der Waals surface area (Å²) in [5.41, 5.74) is 0. The van der Waals surface area contributed by atoms with E-state index in [9.17, 15) is 0 Å². The summed E-state index contributed by atoms with van der Waals surface area (Å²) in [6.45, 7) is 6.74. The Morgan fingerprint density at radius 3 is 1.44 bits per heavy atom. The van der Waals surface area contributed by atoms with Crippen molar-refractivity contribution in [2.45, 2.75) is 33.6 Å². The van der Waals surface area contributed by atoms with Crippen LogP contribution in [-0.2, 0) is 15.1 Å². The molecule has 54 valence electrons. The van der Waals surface area contributed by atoms with Crippen LogP contribution in [0.25, 0.3) is 0 Å². The number of hydrogen-bond donors (Lipinski definition) is 0. The second-order valence-corrected chi connectivity index (χ2v) is 6.65. The Bertz CT molecular complexity index is 38.0. The maximum atomic E-state index is 4.95. The molecule has 0 aromatic rings. The second kappa shape index (κ2) is 11.9. The summed E-state index contributed by atoms with van der Waals surface area (Å²) in [4.78, 5) is 0. The molecule has 0 heterocycles. The predicted molar refractivity (Wildman–Crippen MR) is 41.5 cm³/mol. The first-order chi connectivity index (χ1) is 4.22. The van der Waals surface area contributed by atoms with Crippen molar-refractivity contribution in [1.82, 2.24) is 0 Å². The summed E-state index contributed by atoms with van der Waals surface area (Å²) in [6, 6.07) is 0. The van der Waals surface area contributed by atoms with Gasteiger partial charge in [0.05, 0.1) is 0 Å². The SMILES string of the molecule is CCC(C)CC.[Cl][Zn][Cl]. The molecule has 0 aliphatic heterocycles. The fraction of sp³-hybridized carbons (Fsp3) is 1.00. The van der Waals surface area contributed by atoms with Crippen molar-refractivity contribution in [3.63, 3.8) is 0 Å². The molecule has 0 saturated heterocycles. The zero-order chi connectivity index (χ0) is 7.70. The summed E-state index contributed by atoms with van der Waals surface area (Å²) in [6.07, 6.45) is 2.66. The molecule has 0 amide bonds. The van der Waals surface area contributed by atoms with Crippen LogP contribution in [0.15, 0.2) is 0 Å². The molecule has 9 heavy (non-hydrogen) atoms. The van der Waals surface area contributed by atoms with Crippen LogP contribution in [0.3, 0.4) is 0 Å². The molecule has 0 N–H and O–H groups in total. The van der Waals surface area contributed by atoms with Crippen molar-refractivity contribution < 1.29 is 15.1 Å². The Labute approximate surface area is 74.0 Å². The van der Waals surface area contributed by atoms with E-state index in [1.807, 2.05) is 0 Å². The van der Waals surface area contributed by atoms with Gasteiger partial charge < -0.3 is 0 Å². The van der Waals surface area contributed by atoms with Gasteiger partial charge in [0.25, 0.3) is 0 Å². The molecule has 0 atom stereocenters. The molecule has 0 spiro atoms. The van der Waals surface area contributed by atoms with Gasteiger partial charge in [-0.3, -0.25) is 0 Å². The quantitative estimate of drug-likeness (QED) is 0.623. The van der Waals surface area contributed by atoms with Crippen molar-refractivity contribution in [3.05, 3.63) is 0 Å². The van der Waals surface area contributed by atoms with Crippen LogP contribution in [0.2, 0.25) is 0 Å². The van der Waals surface area contributed by atoms with Gasteiger partial charge in [-0.15, -0.1) is 0 Å². The molecule has 0 bridgehead atoms. The molecule has 0 nitrogen and oxygen atoms in total. The molecule has 0 radical (unpaired) electrons. The molecule has 3 heteroatoms. The Morgan fingerprint density at radius 2 is 1.44 bits per heavy atom. The van der Waals surface area contributed by atoms with Crippen LogP contribution < -0.4 is 0 Å². The third kappa shape index (κ3) is 17.6. The molecule has 0 aliphatic carbocycles. The number of halogens is 2. The van der Waals surface area contributed by atoms with Gasteiger partial charge in [-0.2, -0.15) is 0 Å². The average Bonchev–Trinajstić information content (AvgIpc) is 1.88.